The van der Waals surface area contributed by atoms with Crippen LogP contribution in [0.3, 0.4) is 0 Å². The first-order valence-electron chi connectivity index (χ1n) is 10.7. The Balaban J connectivity index is 1.55. The molecule has 2 heterocycles. The number of halogens is 1. The van der Waals surface area contributed by atoms with E-state index in [0.717, 1.165) is 27.7 Å². The number of carbonyl (C=O) groups is 2. The molecule has 2 N–H and O–H groups in total. The summed E-state index contributed by atoms with van der Waals surface area (Å²) in [5.41, 5.74) is 3.65. The van der Waals surface area contributed by atoms with Gasteiger partial charge in [-0.2, -0.15) is 0 Å². The molecule has 6 nitrogen and oxygen atoms in total. The maximum Gasteiger partial charge on any atom is 0.250 e. The summed E-state index contributed by atoms with van der Waals surface area (Å²) < 4.78 is 0. The van der Waals surface area contributed by atoms with Crippen molar-refractivity contribution in [2.24, 2.45) is 0 Å². The van der Waals surface area contributed by atoms with Crippen molar-refractivity contribution in [1.29, 1.82) is 0 Å². The van der Waals surface area contributed by atoms with Crippen molar-refractivity contribution in [3.63, 3.8) is 0 Å². The second kappa shape index (κ2) is 9.88. The van der Waals surface area contributed by atoms with Crippen molar-refractivity contribution in [1.82, 2.24) is 15.3 Å². The quantitative estimate of drug-likeness (QED) is 0.427. The molecule has 2 aromatic carbocycles. The highest BCUT2D eigenvalue weighted by Gasteiger charge is 2.26. The molecule has 0 saturated carbocycles. The zero-order valence-corrected chi connectivity index (χ0v) is 19.3. The molecule has 0 aliphatic heterocycles. The van der Waals surface area contributed by atoms with Crippen LogP contribution in [-0.4, -0.2) is 34.9 Å². The van der Waals surface area contributed by atoms with Crippen LogP contribution in [0.25, 0.3) is 10.9 Å². The Morgan fingerprint density at radius 3 is 2.58 bits per heavy atom. The molecule has 2 amide bonds. The zero-order valence-electron chi connectivity index (χ0n) is 18.5. The third kappa shape index (κ3) is 5.23. The van der Waals surface area contributed by atoms with Crippen LogP contribution >= 0.6 is 11.6 Å². The van der Waals surface area contributed by atoms with Gasteiger partial charge in [-0.3, -0.25) is 14.5 Å². The molecule has 0 radical (unpaired) electrons. The number of likely N-dealkylation sites (N-methyl/N-ethyl adjacent to an activating group) is 1. The number of anilines is 1. The van der Waals surface area contributed by atoms with Crippen LogP contribution in [0.15, 0.2) is 72.9 Å². The van der Waals surface area contributed by atoms with Crippen molar-refractivity contribution >= 4 is 40.1 Å². The van der Waals surface area contributed by atoms with E-state index in [9.17, 15) is 9.59 Å². The van der Waals surface area contributed by atoms with Gasteiger partial charge in [0.05, 0.1) is 6.42 Å². The molecule has 168 valence electrons. The molecule has 0 bridgehead atoms. The molecule has 1 unspecified atom stereocenters. The number of amides is 2. The van der Waals surface area contributed by atoms with E-state index in [4.69, 9.17) is 11.6 Å². The van der Waals surface area contributed by atoms with Crippen LogP contribution in [0.5, 0.6) is 0 Å². The molecular weight excluding hydrogens is 436 g/mol. The molecule has 0 spiro atoms. The van der Waals surface area contributed by atoms with E-state index < -0.39 is 6.04 Å². The minimum Gasteiger partial charge on any atom is -0.358 e. The highest BCUT2D eigenvalue weighted by Crippen LogP contribution is 2.25. The number of aromatic amines is 1. The highest BCUT2D eigenvalue weighted by atomic mass is 35.5. The minimum absolute atomic E-state index is 0.129. The van der Waals surface area contributed by atoms with Gasteiger partial charge in [0.1, 0.15) is 11.9 Å². The van der Waals surface area contributed by atoms with Crippen molar-refractivity contribution < 1.29 is 9.59 Å². The number of aryl methyl sites for hydroxylation is 1. The number of pyridine rings is 1. The van der Waals surface area contributed by atoms with E-state index in [1.807, 2.05) is 61.5 Å². The van der Waals surface area contributed by atoms with E-state index >= 15 is 0 Å². The standard InChI is InChI=1S/C26H25ClN4O2/c1-17-20-15-19(27)11-12-21(20)29-22(17)16-25(32)30-23(14-18-8-4-3-5-9-18)26(33)31(2)24-10-6-7-13-28-24/h3-13,15,23,29H,14,16H2,1-2H3,(H,30,32). The lowest BCUT2D eigenvalue weighted by atomic mass is 10.0. The van der Waals surface area contributed by atoms with Gasteiger partial charge >= 0.3 is 0 Å². The predicted octanol–water partition coefficient (Wildman–Crippen LogP) is 4.46. The first-order valence-corrected chi connectivity index (χ1v) is 11.1. The van der Waals surface area contributed by atoms with Crippen LogP contribution in [0, 0.1) is 6.92 Å². The summed E-state index contributed by atoms with van der Waals surface area (Å²) in [5, 5.41) is 4.57. The van der Waals surface area contributed by atoms with E-state index in [2.05, 4.69) is 15.3 Å². The molecule has 2 aromatic heterocycles. The molecule has 0 fully saturated rings. The van der Waals surface area contributed by atoms with Gasteiger partial charge in [0.25, 0.3) is 5.91 Å². The first-order chi connectivity index (χ1) is 15.9. The van der Waals surface area contributed by atoms with Crippen molar-refractivity contribution in [3.8, 4) is 0 Å². The fraction of sp³-hybridized carbons (Fsp3) is 0.192. The molecule has 4 aromatic rings. The molecule has 4 rings (SSSR count). The summed E-state index contributed by atoms with van der Waals surface area (Å²) in [6.45, 7) is 1.96. The molecule has 0 saturated heterocycles. The Kier molecular flexibility index (Phi) is 6.75. The summed E-state index contributed by atoms with van der Waals surface area (Å²) in [6, 6.07) is 19.9. The second-order valence-electron chi connectivity index (χ2n) is 7.99. The normalized spacial score (nSPS) is 11.8. The number of fused-ring (bicyclic) bond motifs is 1. The molecule has 7 heteroatoms. The molecule has 0 aliphatic carbocycles. The van der Waals surface area contributed by atoms with Gasteiger partial charge in [-0.1, -0.05) is 48.0 Å². The van der Waals surface area contributed by atoms with Gasteiger partial charge in [0, 0.05) is 41.3 Å². The summed E-state index contributed by atoms with van der Waals surface area (Å²) in [7, 11) is 1.67. The van der Waals surface area contributed by atoms with Gasteiger partial charge in [0.15, 0.2) is 0 Å². The average Bonchev–Trinajstić information content (AvgIpc) is 3.13. The van der Waals surface area contributed by atoms with Crippen LogP contribution in [0.2, 0.25) is 5.02 Å². The summed E-state index contributed by atoms with van der Waals surface area (Å²) in [5.74, 6) is 0.0589. The lowest BCUT2D eigenvalue weighted by Gasteiger charge is -2.24. The topological polar surface area (TPSA) is 78.1 Å². The summed E-state index contributed by atoms with van der Waals surface area (Å²) >= 11 is 6.13. The fourth-order valence-corrected chi connectivity index (χ4v) is 4.06. The van der Waals surface area contributed by atoms with Gasteiger partial charge in [-0.15, -0.1) is 0 Å². The van der Waals surface area contributed by atoms with E-state index in [-0.39, 0.29) is 18.2 Å². The largest absolute Gasteiger partial charge is 0.358 e. The Morgan fingerprint density at radius 2 is 1.85 bits per heavy atom. The fourth-order valence-electron chi connectivity index (χ4n) is 3.89. The third-order valence-corrected chi connectivity index (χ3v) is 5.94. The summed E-state index contributed by atoms with van der Waals surface area (Å²) in [6.07, 6.45) is 2.14. The van der Waals surface area contributed by atoms with Crippen molar-refractivity contribution in [2.45, 2.75) is 25.8 Å². The maximum atomic E-state index is 13.3. The first kappa shape index (κ1) is 22.6. The van der Waals surface area contributed by atoms with Gasteiger partial charge in [-0.25, -0.2) is 4.98 Å². The molecule has 0 aliphatic rings. The Bertz CT molecular complexity index is 1270. The monoisotopic (exact) mass is 460 g/mol. The number of nitrogens with one attached hydrogen (secondary N) is 2. The summed E-state index contributed by atoms with van der Waals surface area (Å²) in [4.78, 5) is 35.4. The number of H-pyrrole nitrogens is 1. The lowest BCUT2D eigenvalue weighted by Crippen LogP contribution is -2.49. The van der Waals surface area contributed by atoms with Crippen LogP contribution in [0.1, 0.15) is 16.8 Å². The highest BCUT2D eigenvalue weighted by molar-refractivity contribution is 6.31. The predicted molar refractivity (Wildman–Crippen MR) is 131 cm³/mol. The Morgan fingerprint density at radius 1 is 1.09 bits per heavy atom. The maximum absolute atomic E-state index is 13.3. The minimum atomic E-state index is -0.731. The van der Waals surface area contributed by atoms with Crippen LogP contribution in [-0.2, 0) is 22.4 Å². The van der Waals surface area contributed by atoms with Gasteiger partial charge in [0.2, 0.25) is 5.91 Å². The molecule has 1 atom stereocenters. The average molecular weight is 461 g/mol. The number of hydrogen-bond donors (Lipinski definition) is 2. The number of aromatic nitrogens is 2. The lowest BCUT2D eigenvalue weighted by molar-refractivity contribution is -0.127. The number of carbonyl (C=O) groups excluding carboxylic acids is 2. The van der Waals surface area contributed by atoms with E-state index in [0.29, 0.717) is 17.3 Å². The Hall–Kier alpha value is -3.64. The van der Waals surface area contributed by atoms with Crippen molar-refractivity contribution in [2.75, 3.05) is 11.9 Å². The van der Waals surface area contributed by atoms with E-state index in [1.165, 1.54) is 4.90 Å². The number of rotatable bonds is 7. The number of nitrogens with zero attached hydrogens (tertiary/aromatic N) is 2. The number of benzene rings is 2. The van der Waals surface area contributed by atoms with Crippen LogP contribution < -0.4 is 10.2 Å². The smallest absolute Gasteiger partial charge is 0.250 e. The molecular formula is C26H25ClN4O2. The SMILES string of the molecule is Cc1c(CC(=O)NC(Cc2ccccc2)C(=O)N(C)c2ccccn2)[nH]c2ccc(Cl)cc12. The van der Waals surface area contributed by atoms with Gasteiger partial charge < -0.3 is 10.3 Å². The van der Waals surface area contributed by atoms with E-state index in [1.54, 1.807) is 25.4 Å². The van der Waals surface area contributed by atoms with Crippen molar-refractivity contribution in [3.05, 3.63) is 94.8 Å². The second-order valence-corrected chi connectivity index (χ2v) is 8.43. The number of hydrogen-bond acceptors (Lipinski definition) is 3. The Labute approximate surface area is 197 Å². The zero-order chi connectivity index (χ0) is 23.4. The third-order valence-electron chi connectivity index (χ3n) is 5.70. The van der Waals surface area contributed by atoms with Crippen LogP contribution in [0.4, 0.5) is 5.82 Å². The molecule has 33 heavy (non-hydrogen) atoms. The van der Waals surface area contributed by atoms with Gasteiger partial charge in [-0.05, 0) is 48.4 Å².